The molecule has 25 heavy (non-hydrogen) atoms. The van der Waals surface area contributed by atoms with Gasteiger partial charge in [-0.25, -0.2) is 4.79 Å². The van der Waals surface area contributed by atoms with Crippen molar-refractivity contribution in [2.24, 2.45) is 23.2 Å². The van der Waals surface area contributed by atoms with Gasteiger partial charge in [-0.3, -0.25) is 4.79 Å². The van der Waals surface area contributed by atoms with Crippen molar-refractivity contribution >= 4 is 17.8 Å². The van der Waals surface area contributed by atoms with Crippen LogP contribution in [0.5, 0.6) is 0 Å². The minimum absolute atomic E-state index is 0.141. The molecule has 4 bridgehead atoms. The zero-order valence-electron chi connectivity index (χ0n) is 15.0. The molecule has 4 heteroatoms. The Morgan fingerprint density at radius 3 is 2.28 bits per heavy atom. The molecule has 0 aromatic carbocycles. The zero-order valence-corrected chi connectivity index (χ0v) is 15.0. The van der Waals surface area contributed by atoms with Crippen molar-refractivity contribution in [2.75, 3.05) is 0 Å². The topological polar surface area (TPSA) is 56.5 Å². The van der Waals surface area contributed by atoms with Crippen molar-refractivity contribution in [2.45, 2.75) is 58.5 Å². The minimum Gasteiger partial charge on any atom is -0.462 e. The number of carbonyl (C=O) groups is 2. The first kappa shape index (κ1) is 16.6. The fraction of sp³-hybridized carbons (Fsp3) is 0.619. The van der Waals surface area contributed by atoms with Crippen molar-refractivity contribution in [3.8, 4) is 0 Å². The maximum atomic E-state index is 13.1. The molecule has 4 saturated carbocycles. The number of aryl methyl sites for hydroxylation is 1. The van der Waals surface area contributed by atoms with Crippen LogP contribution in [0.15, 0.2) is 22.6 Å². The van der Waals surface area contributed by atoms with E-state index < -0.39 is 12.1 Å². The molecule has 134 valence electrons. The first-order valence-electron chi connectivity index (χ1n) is 9.43. The first-order chi connectivity index (χ1) is 11.9. The van der Waals surface area contributed by atoms with Crippen LogP contribution < -0.4 is 0 Å². The van der Waals surface area contributed by atoms with Crippen LogP contribution in [-0.4, -0.2) is 17.9 Å². The quantitative estimate of drug-likeness (QED) is 0.591. The summed E-state index contributed by atoms with van der Waals surface area (Å²) >= 11 is 0. The molecule has 0 radical (unpaired) electrons. The van der Waals surface area contributed by atoms with E-state index in [1.54, 1.807) is 19.1 Å². The van der Waals surface area contributed by atoms with Gasteiger partial charge < -0.3 is 9.15 Å². The lowest BCUT2D eigenvalue weighted by Gasteiger charge is -2.56. The van der Waals surface area contributed by atoms with E-state index >= 15 is 0 Å². The summed E-state index contributed by atoms with van der Waals surface area (Å²) in [6.07, 6.45) is 9.14. The van der Waals surface area contributed by atoms with E-state index in [2.05, 4.69) is 0 Å². The highest BCUT2D eigenvalue weighted by molar-refractivity contribution is 5.93. The van der Waals surface area contributed by atoms with Gasteiger partial charge in [0.05, 0.1) is 0 Å². The van der Waals surface area contributed by atoms with Gasteiger partial charge in [0.15, 0.2) is 11.9 Å². The van der Waals surface area contributed by atoms with Gasteiger partial charge in [-0.05, 0) is 88.3 Å². The van der Waals surface area contributed by atoms with Crippen LogP contribution in [0.4, 0.5) is 0 Å². The number of ketones is 1. The first-order valence-corrected chi connectivity index (χ1v) is 9.43. The number of carbonyl (C=O) groups excluding carboxylic acids is 2. The predicted molar refractivity (Wildman–Crippen MR) is 93.6 cm³/mol. The van der Waals surface area contributed by atoms with Gasteiger partial charge in [0.2, 0.25) is 0 Å². The molecule has 1 aromatic rings. The Bertz CT molecular complexity index is 676. The Morgan fingerprint density at radius 1 is 1.16 bits per heavy atom. The molecule has 4 aliphatic carbocycles. The highest BCUT2D eigenvalue weighted by Gasteiger charge is 2.55. The molecular formula is C21H26O4. The zero-order chi connectivity index (χ0) is 17.6. The Labute approximate surface area is 148 Å². The lowest BCUT2D eigenvalue weighted by molar-refractivity contribution is -0.162. The van der Waals surface area contributed by atoms with Gasteiger partial charge in [-0.1, -0.05) is 0 Å². The SMILES string of the molecule is Cc1ccc(/C=C/C(=O)O[C@H](C)C(=O)C23CC4CC(CC(C4)C2)C3)o1. The van der Waals surface area contributed by atoms with Crippen molar-refractivity contribution in [1.82, 2.24) is 0 Å². The smallest absolute Gasteiger partial charge is 0.331 e. The number of ether oxygens (including phenoxy) is 1. The van der Waals surface area contributed by atoms with E-state index in [4.69, 9.17) is 9.15 Å². The summed E-state index contributed by atoms with van der Waals surface area (Å²) in [5.41, 5.74) is -0.226. The standard InChI is InChI=1S/C21H26O4/c1-13-3-4-18(24-13)5-6-19(22)25-14(2)20(23)21-10-15-7-16(11-21)9-17(8-15)12-21/h3-6,14-17H,7-12H2,1-2H3/b6-5+/t14-,15?,16?,17?,21?/m1/s1. The van der Waals surface area contributed by atoms with E-state index in [9.17, 15) is 9.59 Å². The molecule has 1 aromatic heterocycles. The summed E-state index contributed by atoms with van der Waals surface area (Å²) in [7, 11) is 0. The molecular weight excluding hydrogens is 316 g/mol. The van der Waals surface area contributed by atoms with Crippen molar-refractivity contribution in [1.29, 1.82) is 0 Å². The fourth-order valence-electron chi connectivity index (χ4n) is 5.80. The predicted octanol–water partition coefficient (Wildman–Crippen LogP) is 4.32. The Balaban J connectivity index is 1.39. The molecule has 4 nitrogen and oxygen atoms in total. The third-order valence-electron chi connectivity index (χ3n) is 6.37. The lowest BCUT2D eigenvalue weighted by Crippen LogP contribution is -2.52. The van der Waals surface area contributed by atoms with E-state index in [1.165, 1.54) is 25.3 Å². The van der Waals surface area contributed by atoms with Crippen molar-refractivity contribution in [3.63, 3.8) is 0 Å². The van der Waals surface area contributed by atoms with Crippen LogP contribution in [0.1, 0.15) is 57.0 Å². The average Bonchev–Trinajstić information content (AvgIpc) is 2.96. The van der Waals surface area contributed by atoms with E-state index in [0.717, 1.165) is 25.0 Å². The van der Waals surface area contributed by atoms with Crippen LogP contribution in [0.2, 0.25) is 0 Å². The molecule has 0 saturated heterocycles. The molecule has 0 N–H and O–H groups in total. The average molecular weight is 342 g/mol. The van der Waals surface area contributed by atoms with Crippen LogP contribution in [0.25, 0.3) is 6.08 Å². The number of furan rings is 1. The van der Waals surface area contributed by atoms with Gasteiger partial charge in [0.25, 0.3) is 0 Å². The van der Waals surface area contributed by atoms with Crippen molar-refractivity contribution < 1.29 is 18.7 Å². The number of rotatable bonds is 5. The van der Waals surface area contributed by atoms with Gasteiger partial charge in [0, 0.05) is 11.5 Å². The Morgan fingerprint density at radius 2 is 1.76 bits per heavy atom. The molecule has 0 amide bonds. The Hall–Kier alpha value is -1.84. The number of hydrogen-bond acceptors (Lipinski definition) is 4. The highest BCUT2D eigenvalue weighted by Crippen LogP contribution is 2.60. The summed E-state index contributed by atoms with van der Waals surface area (Å²) < 4.78 is 10.8. The van der Waals surface area contributed by atoms with Gasteiger partial charge >= 0.3 is 5.97 Å². The van der Waals surface area contributed by atoms with Gasteiger partial charge in [-0.15, -0.1) is 0 Å². The molecule has 4 aliphatic rings. The maximum absolute atomic E-state index is 13.1. The maximum Gasteiger partial charge on any atom is 0.331 e. The molecule has 1 atom stereocenters. The number of hydrogen-bond donors (Lipinski definition) is 0. The molecule has 0 unspecified atom stereocenters. The normalized spacial score (nSPS) is 34.4. The summed E-state index contributed by atoms with van der Waals surface area (Å²) in [5, 5.41) is 0. The van der Waals surface area contributed by atoms with Crippen LogP contribution in [0.3, 0.4) is 0 Å². The number of esters is 1. The van der Waals surface area contributed by atoms with Gasteiger partial charge in [-0.2, -0.15) is 0 Å². The third-order valence-corrected chi connectivity index (χ3v) is 6.37. The second-order valence-corrected chi connectivity index (χ2v) is 8.42. The molecule has 0 aliphatic heterocycles. The van der Waals surface area contributed by atoms with E-state index in [1.807, 2.05) is 13.0 Å². The highest BCUT2D eigenvalue weighted by atomic mass is 16.5. The monoisotopic (exact) mass is 342 g/mol. The fourth-order valence-corrected chi connectivity index (χ4v) is 5.80. The van der Waals surface area contributed by atoms with E-state index in [-0.39, 0.29) is 11.2 Å². The molecule has 4 fully saturated rings. The molecule has 1 heterocycles. The molecule has 5 rings (SSSR count). The number of Topliss-reactive ketones (excluding diaryl/α,β-unsaturated/α-hetero) is 1. The molecule has 0 spiro atoms. The second kappa shape index (κ2) is 6.15. The summed E-state index contributed by atoms with van der Waals surface area (Å²) in [6.45, 7) is 3.57. The minimum atomic E-state index is -0.674. The van der Waals surface area contributed by atoms with Crippen LogP contribution in [-0.2, 0) is 14.3 Å². The van der Waals surface area contributed by atoms with Crippen molar-refractivity contribution in [3.05, 3.63) is 29.7 Å². The lowest BCUT2D eigenvalue weighted by atomic mass is 9.48. The largest absolute Gasteiger partial charge is 0.462 e. The Kier molecular flexibility index (Phi) is 4.09. The third kappa shape index (κ3) is 3.19. The van der Waals surface area contributed by atoms with E-state index in [0.29, 0.717) is 23.5 Å². The summed E-state index contributed by atoms with van der Waals surface area (Å²) in [5.74, 6) is 3.18. The summed E-state index contributed by atoms with van der Waals surface area (Å²) in [6, 6.07) is 3.63. The van der Waals surface area contributed by atoms with Crippen LogP contribution in [0, 0.1) is 30.1 Å². The van der Waals surface area contributed by atoms with Gasteiger partial charge in [0.1, 0.15) is 11.5 Å². The second-order valence-electron chi connectivity index (χ2n) is 8.42. The van der Waals surface area contributed by atoms with Crippen LogP contribution >= 0.6 is 0 Å². The summed E-state index contributed by atoms with van der Waals surface area (Å²) in [4.78, 5) is 25.2.